The van der Waals surface area contributed by atoms with Gasteiger partial charge in [0.1, 0.15) is 0 Å². The quantitative estimate of drug-likeness (QED) is 0.819. The summed E-state index contributed by atoms with van der Waals surface area (Å²) in [5.74, 6) is 0. The first-order valence-corrected chi connectivity index (χ1v) is 7.14. The van der Waals surface area contributed by atoms with Crippen LogP contribution < -0.4 is 10.6 Å². The molecule has 3 nitrogen and oxygen atoms in total. The molecule has 2 aromatic rings. The van der Waals surface area contributed by atoms with E-state index in [0.717, 1.165) is 15.6 Å². The highest BCUT2D eigenvalue weighted by Crippen LogP contribution is 2.20. The highest BCUT2D eigenvalue weighted by molar-refractivity contribution is 7.98. The second kappa shape index (κ2) is 5.75. The highest BCUT2D eigenvalue weighted by atomic mass is 32.2. The second-order valence-electron chi connectivity index (χ2n) is 3.29. The first-order valence-electron chi connectivity index (χ1n) is 5.03. The minimum absolute atomic E-state index is 0.217. The van der Waals surface area contributed by atoms with Gasteiger partial charge in [-0.15, -0.1) is 23.1 Å². The van der Waals surface area contributed by atoms with Gasteiger partial charge >= 0.3 is 6.03 Å². The molecule has 2 N–H and O–H groups in total. The van der Waals surface area contributed by atoms with E-state index in [1.807, 2.05) is 48.0 Å². The molecule has 2 amide bonds. The van der Waals surface area contributed by atoms with Crippen molar-refractivity contribution in [2.24, 2.45) is 0 Å². The molecule has 17 heavy (non-hydrogen) atoms. The fraction of sp³-hybridized carbons (Fsp3) is 0.0833. The summed E-state index contributed by atoms with van der Waals surface area (Å²) in [6.45, 7) is 0. The van der Waals surface area contributed by atoms with E-state index >= 15 is 0 Å². The van der Waals surface area contributed by atoms with Crippen molar-refractivity contribution in [1.82, 2.24) is 0 Å². The molecule has 0 atom stereocenters. The van der Waals surface area contributed by atoms with Gasteiger partial charge in [-0.1, -0.05) is 6.07 Å². The fourth-order valence-electron chi connectivity index (χ4n) is 1.32. The standard InChI is InChI=1S/C12H12N2OS2/c1-16-10-5-2-4-9(8-10)13-12(15)14-11-6-3-7-17-11/h2-8H,1H3,(H2,13,14,15). The Kier molecular flexibility index (Phi) is 4.06. The number of benzene rings is 1. The Labute approximate surface area is 108 Å². The monoisotopic (exact) mass is 264 g/mol. The van der Waals surface area contributed by atoms with Crippen LogP contribution in [0.15, 0.2) is 46.7 Å². The van der Waals surface area contributed by atoms with Gasteiger partial charge in [0.2, 0.25) is 0 Å². The van der Waals surface area contributed by atoms with Crippen LogP contribution in [0.2, 0.25) is 0 Å². The predicted molar refractivity (Wildman–Crippen MR) is 75.2 cm³/mol. The lowest BCUT2D eigenvalue weighted by Gasteiger charge is -2.06. The summed E-state index contributed by atoms with van der Waals surface area (Å²) in [6.07, 6.45) is 2.00. The molecule has 0 aliphatic rings. The molecule has 0 spiro atoms. The van der Waals surface area contributed by atoms with Crippen LogP contribution >= 0.6 is 23.1 Å². The third kappa shape index (κ3) is 3.51. The lowest BCUT2D eigenvalue weighted by Crippen LogP contribution is -2.18. The van der Waals surface area contributed by atoms with E-state index in [-0.39, 0.29) is 6.03 Å². The van der Waals surface area contributed by atoms with E-state index in [0.29, 0.717) is 0 Å². The number of hydrogen-bond acceptors (Lipinski definition) is 3. The third-order valence-electron chi connectivity index (χ3n) is 2.09. The second-order valence-corrected chi connectivity index (χ2v) is 5.12. The topological polar surface area (TPSA) is 41.1 Å². The van der Waals surface area contributed by atoms with Gasteiger partial charge in [-0.3, -0.25) is 5.32 Å². The van der Waals surface area contributed by atoms with Gasteiger partial charge in [0.15, 0.2) is 0 Å². The first-order chi connectivity index (χ1) is 8.28. The van der Waals surface area contributed by atoms with E-state index in [9.17, 15) is 4.79 Å². The Bertz CT molecular complexity index is 497. The Hall–Kier alpha value is -1.46. The van der Waals surface area contributed by atoms with Crippen LogP contribution in [0.4, 0.5) is 15.5 Å². The molecule has 1 aromatic heterocycles. The average Bonchev–Trinajstić information content (AvgIpc) is 2.82. The number of urea groups is 1. The molecular weight excluding hydrogens is 252 g/mol. The van der Waals surface area contributed by atoms with Gasteiger partial charge in [0, 0.05) is 10.6 Å². The molecule has 0 radical (unpaired) electrons. The number of anilines is 2. The first kappa shape index (κ1) is 12.0. The molecule has 0 aliphatic carbocycles. The third-order valence-corrected chi connectivity index (χ3v) is 3.60. The molecule has 5 heteroatoms. The summed E-state index contributed by atoms with van der Waals surface area (Å²) >= 11 is 3.14. The smallest absolute Gasteiger partial charge is 0.308 e. The fourth-order valence-corrected chi connectivity index (χ4v) is 2.40. The summed E-state index contributed by atoms with van der Waals surface area (Å²) in [6, 6.07) is 11.3. The summed E-state index contributed by atoms with van der Waals surface area (Å²) in [5.41, 5.74) is 0.797. The van der Waals surface area contributed by atoms with Crippen molar-refractivity contribution in [2.75, 3.05) is 16.9 Å². The van der Waals surface area contributed by atoms with Crippen molar-refractivity contribution in [3.8, 4) is 0 Å². The number of amides is 2. The maximum Gasteiger partial charge on any atom is 0.324 e. The van der Waals surface area contributed by atoms with Crippen molar-refractivity contribution < 1.29 is 4.79 Å². The number of carbonyl (C=O) groups excluding carboxylic acids is 1. The highest BCUT2D eigenvalue weighted by Gasteiger charge is 2.03. The van der Waals surface area contributed by atoms with Crippen molar-refractivity contribution in [2.45, 2.75) is 4.90 Å². The lowest BCUT2D eigenvalue weighted by atomic mass is 10.3. The Morgan fingerprint density at radius 2 is 2.12 bits per heavy atom. The van der Waals surface area contributed by atoms with Gasteiger partial charge in [0.25, 0.3) is 0 Å². The normalized spacial score (nSPS) is 9.94. The number of hydrogen-bond donors (Lipinski definition) is 2. The maximum atomic E-state index is 11.7. The van der Waals surface area contributed by atoms with Crippen molar-refractivity contribution >= 4 is 39.8 Å². The number of thiophene rings is 1. The van der Waals surface area contributed by atoms with E-state index in [4.69, 9.17) is 0 Å². The molecule has 0 aliphatic heterocycles. The van der Waals surface area contributed by atoms with Gasteiger partial charge < -0.3 is 5.32 Å². The molecule has 0 saturated carbocycles. The van der Waals surface area contributed by atoms with Crippen LogP contribution in [0.5, 0.6) is 0 Å². The lowest BCUT2D eigenvalue weighted by molar-refractivity contribution is 0.262. The molecule has 2 rings (SSSR count). The average molecular weight is 264 g/mol. The van der Waals surface area contributed by atoms with Gasteiger partial charge in [-0.2, -0.15) is 0 Å². The predicted octanol–water partition coefficient (Wildman–Crippen LogP) is 4.11. The van der Waals surface area contributed by atoms with Crippen LogP contribution in [0.25, 0.3) is 0 Å². The number of thioether (sulfide) groups is 1. The largest absolute Gasteiger partial charge is 0.324 e. The van der Waals surface area contributed by atoms with E-state index in [1.54, 1.807) is 11.8 Å². The molecule has 0 fully saturated rings. The summed E-state index contributed by atoms with van der Waals surface area (Å²) < 4.78 is 0. The number of rotatable bonds is 3. The molecular formula is C12H12N2OS2. The summed E-state index contributed by atoms with van der Waals surface area (Å²) in [7, 11) is 0. The van der Waals surface area contributed by atoms with Gasteiger partial charge in [-0.05, 0) is 42.0 Å². The zero-order valence-electron chi connectivity index (χ0n) is 9.27. The van der Waals surface area contributed by atoms with Crippen molar-refractivity contribution in [3.05, 3.63) is 41.8 Å². The minimum atomic E-state index is -0.217. The Morgan fingerprint density at radius 3 is 2.82 bits per heavy atom. The Balaban J connectivity index is 1.98. The maximum absolute atomic E-state index is 11.7. The SMILES string of the molecule is CSc1cccc(NC(=O)Nc2cccs2)c1. The summed E-state index contributed by atoms with van der Waals surface area (Å²) in [4.78, 5) is 12.8. The van der Waals surface area contributed by atoms with E-state index < -0.39 is 0 Å². The van der Waals surface area contributed by atoms with E-state index in [2.05, 4.69) is 10.6 Å². The van der Waals surface area contributed by atoms with Crippen molar-refractivity contribution in [1.29, 1.82) is 0 Å². The molecule has 0 unspecified atom stereocenters. The van der Waals surface area contributed by atoms with E-state index in [1.165, 1.54) is 11.3 Å². The molecule has 1 heterocycles. The van der Waals surface area contributed by atoms with Crippen molar-refractivity contribution in [3.63, 3.8) is 0 Å². The molecule has 1 aromatic carbocycles. The van der Waals surface area contributed by atoms with Gasteiger partial charge in [-0.25, -0.2) is 4.79 Å². The minimum Gasteiger partial charge on any atom is -0.308 e. The zero-order chi connectivity index (χ0) is 12.1. The molecule has 0 saturated heterocycles. The van der Waals surface area contributed by atoms with Crippen LogP contribution in [-0.4, -0.2) is 12.3 Å². The van der Waals surface area contributed by atoms with Gasteiger partial charge in [0.05, 0.1) is 5.00 Å². The van der Waals surface area contributed by atoms with Crippen LogP contribution in [0.1, 0.15) is 0 Å². The summed E-state index contributed by atoms with van der Waals surface area (Å²) in [5, 5.41) is 8.32. The van der Waals surface area contributed by atoms with Crippen LogP contribution in [-0.2, 0) is 0 Å². The zero-order valence-corrected chi connectivity index (χ0v) is 10.9. The van der Waals surface area contributed by atoms with Crippen LogP contribution in [0, 0.1) is 0 Å². The van der Waals surface area contributed by atoms with Crippen LogP contribution in [0.3, 0.4) is 0 Å². The molecule has 0 bridgehead atoms. The number of nitrogens with one attached hydrogen (secondary N) is 2. The number of carbonyl (C=O) groups is 1. The Morgan fingerprint density at radius 1 is 1.24 bits per heavy atom. The molecule has 88 valence electrons.